The molecule has 1 aromatic carbocycles. The molecule has 0 aliphatic heterocycles. The lowest BCUT2D eigenvalue weighted by molar-refractivity contribution is 0.198. The molecular weight excluding hydrogens is 292 g/mol. The van der Waals surface area contributed by atoms with Crippen LogP contribution in [0.4, 0.5) is 8.78 Å². The van der Waals surface area contributed by atoms with Gasteiger partial charge < -0.3 is 9.47 Å². The van der Waals surface area contributed by atoms with Gasteiger partial charge in [-0.2, -0.15) is 5.10 Å². The van der Waals surface area contributed by atoms with Crippen LogP contribution in [0.5, 0.6) is 5.75 Å². The molecule has 0 spiro atoms. The summed E-state index contributed by atoms with van der Waals surface area (Å²) >= 11 is 0. The van der Waals surface area contributed by atoms with E-state index in [9.17, 15) is 8.78 Å². The van der Waals surface area contributed by atoms with Crippen molar-refractivity contribution in [3.63, 3.8) is 0 Å². The number of aromatic nitrogens is 3. The fourth-order valence-electron chi connectivity index (χ4n) is 2.05. The summed E-state index contributed by atoms with van der Waals surface area (Å²) < 4.78 is 38.8. The molecular formula is C15H19F2N3O2. The minimum atomic E-state index is -0.742. The molecule has 7 heteroatoms. The van der Waals surface area contributed by atoms with Crippen molar-refractivity contribution in [3.05, 3.63) is 41.5 Å². The van der Waals surface area contributed by atoms with Crippen molar-refractivity contribution >= 4 is 0 Å². The average Bonchev–Trinajstić information content (AvgIpc) is 2.91. The van der Waals surface area contributed by atoms with Crippen molar-refractivity contribution < 1.29 is 18.3 Å². The van der Waals surface area contributed by atoms with Crippen LogP contribution in [0, 0.1) is 11.6 Å². The molecule has 1 atom stereocenters. The number of methoxy groups -OCH3 is 1. The highest BCUT2D eigenvalue weighted by Gasteiger charge is 2.18. The summed E-state index contributed by atoms with van der Waals surface area (Å²) in [6.07, 6.45) is 0.0809. The zero-order valence-corrected chi connectivity index (χ0v) is 12.8. The van der Waals surface area contributed by atoms with E-state index in [0.717, 1.165) is 12.1 Å². The molecule has 2 aromatic rings. The van der Waals surface area contributed by atoms with Gasteiger partial charge in [-0.3, -0.25) is 0 Å². The molecule has 0 radical (unpaired) electrons. The molecule has 0 saturated heterocycles. The minimum absolute atomic E-state index is 0.0157. The van der Waals surface area contributed by atoms with Crippen LogP contribution in [0.25, 0.3) is 0 Å². The minimum Gasteiger partial charge on any atom is -0.480 e. The van der Waals surface area contributed by atoms with Gasteiger partial charge in [0.2, 0.25) is 0 Å². The number of ether oxygens (including phenoxy) is 2. The Morgan fingerprint density at radius 3 is 2.73 bits per heavy atom. The van der Waals surface area contributed by atoms with Crippen LogP contribution >= 0.6 is 0 Å². The summed E-state index contributed by atoms with van der Waals surface area (Å²) in [5.41, 5.74) is 0. The number of benzene rings is 1. The highest BCUT2D eigenvalue weighted by Crippen LogP contribution is 2.24. The Labute approximate surface area is 127 Å². The first-order valence-electron chi connectivity index (χ1n) is 7.09. The summed E-state index contributed by atoms with van der Waals surface area (Å²) in [5, 5.41) is 4.36. The first-order chi connectivity index (χ1) is 10.5. The Kier molecular flexibility index (Phi) is 5.43. The summed E-state index contributed by atoms with van der Waals surface area (Å²) in [4.78, 5) is 4.41. The predicted molar refractivity (Wildman–Crippen MR) is 76.7 cm³/mol. The molecule has 1 aromatic heterocycles. The molecule has 0 N–H and O–H groups in total. The summed E-state index contributed by atoms with van der Waals surface area (Å²) in [7, 11) is 1.61. The molecule has 0 aliphatic carbocycles. The van der Waals surface area contributed by atoms with E-state index in [1.165, 1.54) is 6.07 Å². The molecule has 0 unspecified atom stereocenters. The van der Waals surface area contributed by atoms with Crippen molar-refractivity contribution in [1.82, 2.24) is 14.8 Å². The Hall–Kier alpha value is -2.02. The van der Waals surface area contributed by atoms with Gasteiger partial charge in [0.1, 0.15) is 5.82 Å². The van der Waals surface area contributed by atoms with Gasteiger partial charge in [0.05, 0.1) is 6.61 Å². The average molecular weight is 311 g/mol. The summed E-state index contributed by atoms with van der Waals surface area (Å²) in [6.45, 7) is 4.83. The zero-order chi connectivity index (χ0) is 16.1. The van der Waals surface area contributed by atoms with Crippen LogP contribution in [0.2, 0.25) is 0 Å². The standard InChI is InChI=1S/C15H19F2N3O2/c1-4-20-15(18-14(19-20)7-8-21-3)10(2)22-13-6-5-11(16)9-12(13)17/h5-6,9-10H,4,7-8H2,1-3H3/t10-/m0/s1. The van der Waals surface area contributed by atoms with Gasteiger partial charge in [0.15, 0.2) is 29.3 Å². The molecule has 0 saturated carbocycles. The number of rotatable bonds is 7. The Morgan fingerprint density at radius 1 is 1.32 bits per heavy atom. The molecule has 0 amide bonds. The predicted octanol–water partition coefficient (Wildman–Crippen LogP) is 2.91. The van der Waals surface area contributed by atoms with Crippen molar-refractivity contribution in [3.8, 4) is 5.75 Å². The van der Waals surface area contributed by atoms with Gasteiger partial charge in [-0.1, -0.05) is 0 Å². The molecule has 22 heavy (non-hydrogen) atoms. The fourth-order valence-corrected chi connectivity index (χ4v) is 2.05. The van der Waals surface area contributed by atoms with E-state index in [2.05, 4.69) is 10.1 Å². The third kappa shape index (κ3) is 3.79. The van der Waals surface area contributed by atoms with E-state index in [1.54, 1.807) is 18.7 Å². The third-order valence-corrected chi connectivity index (χ3v) is 3.13. The number of hydrogen-bond donors (Lipinski definition) is 0. The van der Waals surface area contributed by atoms with Crippen LogP contribution in [0.15, 0.2) is 18.2 Å². The lowest BCUT2D eigenvalue weighted by atomic mass is 10.3. The SMILES string of the molecule is CCn1nc(CCOC)nc1[C@H](C)Oc1ccc(F)cc1F. The normalized spacial score (nSPS) is 12.4. The molecule has 0 bridgehead atoms. The highest BCUT2D eigenvalue weighted by atomic mass is 19.1. The monoisotopic (exact) mass is 311 g/mol. The first-order valence-corrected chi connectivity index (χ1v) is 7.09. The Morgan fingerprint density at radius 2 is 2.09 bits per heavy atom. The second kappa shape index (κ2) is 7.31. The smallest absolute Gasteiger partial charge is 0.168 e. The second-order valence-electron chi connectivity index (χ2n) is 4.78. The molecule has 5 nitrogen and oxygen atoms in total. The third-order valence-electron chi connectivity index (χ3n) is 3.13. The van der Waals surface area contributed by atoms with Crippen LogP contribution in [-0.4, -0.2) is 28.5 Å². The van der Waals surface area contributed by atoms with Gasteiger partial charge >= 0.3 is 0 Å². The molecule has 2 rings (SSSR count). The number of aryl methyl sites for hydroxylation is 1. The van der Waals surface area contributed by atoms with Crippen LogP contribution in [0.1, 0.15) is 31.6 Å². The van der Waals surface area contributed by atoms with E-state index in [4.69, 9.17) is 9.47 Å². The zero-order valence-electron chi connectivity index (χ0n) is 12.8. The molecule has 1 heterocycles. The summed E-state index contributed by atoms with van der Waals surface area (Å²) in [5.74, 6) is -0.158. The first kappa shape index (κ1) is 16.4. The van der Waals surface area contributed by atoms with Gasteiger partial charge in [0, 0.05) is 26.1 Å². The van der Waals surface area contributed by atoms with E-state index in [0.29, 0.717) is 31.2 Å². The van der Waals surface area contributed by atoms with E-state index < -0.39 is 17.7 Å². The summed E-state index contributed by atoms with van der Waals surface area (Å²) in [6, 6.07) is 3.20. The Balaban J connectivity index is 2.17. The lowest BCUT2D eigenvalue weighted by Crippen LogP contribution is -2.12. The van der Waals surface area contributed by atoms with Crippen LogP contribution in [0.3, 0.4) is 0 Å². The largest absolute Gasteiger partial charge is 0.480 e. The maximum atomic E-state index is 13.7. The van der Waals surface area contributed by atoms with Gasteiger partial charge in [-0.05, 0) is 26.0 Å². The van der Waals surface area contributed by atoms with Gasteiger partial charge in [-0.25, -0.2) is 18.4 Å². The number of halogens is 2. The number of nitrogens with zero attached hydrogens (tertiary/aromatic N) is 3. The van der Waals surface area contributed by atoms with E-state index in [-0.39, 0.29) is 5.75 Å². The van der Waals surface area contributed by atoms with Crippen molar-refractivity contribution in [2.75, 3.05) is 13.7 Å². The van der Waals surface area contributed by atoms with E-state index in [1.807, 2.05) is 6.92 Å². The maximum Gasteiger partial charge on any atom is 0.168 e. The fraction of sp³-hybridized carbons (Fsp3) is 0.467. The van der Waals surface area contributed by atoms with Gasteiger partial charge in [-0.15, -0.1) is 0 Å². The lowest BCUT2D eigenvalue weighted by Gasteiger charge is -2.15. The van der Waals surface area contributed by atoms with Crippen molar-refractivity contribution in [1.29, 1.82) is 0 Å². The molecule has 0 fully saturated rings. The maximum absolute atomic E-state index is 13.7. The quantitative estimate of drug-likeness (QED) is 0.789. The second-order valence-corrected chi connectivity index (χ2v) is 4.78. The Bertz CT molecular complexity index is 631. The van der Waals surface area contributed by atoms with Crippen LogP contribution in [-0.2, 0) is 17.7 Å². The molecule has 120 valence electrons. The van der Waals surface area contributed by atoms with E-state index >= 15 is 0 Å². The highest BCUT2D eigenvalue weighted by molar-refractivity contribution is 5.25. The van der Waals surface area contributed by atoms with Crippen LogP contribution < -0.4 is 4.74 Å². The van der Waals surface area contributed by atoms with Crippen molar-refractivity contribution in [2.24, 2.45) is 0 Å². The van der Waals surface area contributed by atoms with Gasteiger partial charge in [0.25, 0.3) is 0 Å². The number of hydrogen-bond acceptors (Lipinski definition) is 4. The van der Waals surface area contributed by atoms with Crippen molar-refractivity contribution in [2.45, 2.75) is 32.9 Å². The molecule has 0 aliphatic rings. The topological polar surface area (TPSA) is 49.2 Å².